The number of hydrogen-bond donors (Lipinski definition) is 3. The van der Waals surface area contributed by atoms with Crippen LogP contribution in [0.2, 0.25) is 5.02 Å². The van der Waals surface area contributed by atoms with Crippen LogP contribution in [0.1, 0.15) is 118 Å². The molecular formula is C53H79ClN5O13PS. The number of aliphatic hydroxyl groups is 1. The van der Waals surface area contributed by atoms with Gasteiger partial charge in [-0.1, -0.05) is 69.5 Å². The summed E-state index contributed by atoms with van der Waals surface area (Å²) >= 11 is 8.04. The smallest absolute Gasteiger partial charge is 0.409 e. The topological polar surface area (TPSA) is 223 Å². The number of amides is 6. The lowest BCUT2D eigenvalue weighted by atomic mass is 9.83. The van der Waals surface area contributed by atoms with Crippen molar-refractivity contribution in [2.24, 2.45) is 5.92 Å². The quantitative estimate of drug-likeness (QED) is 0.0384. The summed E-state index contributed by atoms with van der Waals surface area (Å²) in [4.78, 5) is 97.4. The second-order valence-electron chi connectivity index (χ2n) is 20.5. The molecule has 3 fully saturated rings. The highest BCUT2D eigenvalue weighted by atomic mass is 35.5. The maximum atomic E-state index is 14.4. The Bertz CT molecular complexity index is 2280. The van der Waals surface area contributed by atoms with Gasteiger partial charge in [-0.2, -0.15) is 0 Å². The molecule has 0 spiro atoms. The number of carbonyl (C=O) groups is 7. The number of thioether (sulfide) groups is 1. The summed E-state index contributed by atoms with van der Waals surface area (Å²) in [5, 5.41) is 17.3. The average Bonchev–Trinajstić information content (AvgIpc) is 3.99. The van der Waals surface area contributed by atoms with Crippen molar-refractivity contribution in [2.45, 2.75) is 171 Å². The summed E-state index contributed by atoms with van der Waals surface area (Å²) in [7, 11) is 6.71. The van der Waals surface area contributed by atoms with E-state index in [2.05, 4.69) is 31.4 Å². The lowest BCUT2D eigenvalue weighted by molar-refractivity contribution is -0.162. The number of esters is 1. The lowest BCUT2D eigenvalue weighted by Crippen LogP contribution is -2.63. The van der Waals surface area contributed by atoms with Gasteiger partial charge in [-0.25, -0.2) is 9.59 Å². The van der Waals surface area contributed by atoms with Gasteiger partial charge in [-0.3, -0.25) is 34.2 Å². The van der Waals surface area contributed by atoms with Gasteiger partial charge in [-0.05, 0) is 81.9 Å². The number of ether oxygens (including phenoxy) is 5. The Morgan fingerprint density at radius 3 is 2.49 bits per heavy atom. The van der Waals surface area contributed by atoms with E-state index in [0.717, 1.165) is 38.7 Å². The van der Waals surface area contributed by atoms with Gasteiger partial charge >= 0.3 is 12.1 Å². The van der Waals surface area contributed by atoms with Crippen molar-refractivity contribution in [1.29, 1.82) is 0 Å². The Balaban J connectivity index is 1.20. The first kappa shape index (κ1) is 60.6. The summed E-state index contributed by atoms with van der Waals surface area (Å²) in [6.45, 7) is 14.5. The highest BCUT2D eigenvalue weighted by Crippen LogP contribution is 2.49. The molecule has 4 bridgehead atoms. The van der Waals surface area contributed by atoms with E-state index in [-0.39, 0.29) is 60.7 Å². The highest BCUT2D eigenvalue weighted by molar-refractivity contribution is 8.00. The second-order valence-corrected chi connectivity index (χ2v) is 24.2. The normalized spacial score (nSPS) is 28.2. The number of allylic oxidation sites excluding steroid dienone is 3. The number of methoxy groups -OCH3 is 2. The summed E-state index contributed by atoms with van der Waals surface area (Å²) in [5.74, 6) is -2.29. The van der Waals surface area contributed by atoms with Crippen LogP contribution in [0.3, 0.4) is 0 Å². The molecule has 18 nitrogen and oxygen atoms in total. The van der Waals surface area contributed by atoms with Gasteiger partial charge in [0.1, 0.15) is 40.7 Å². The van der Waals surface area contributed by atoms with Crippen molar-refractivity contribution in [1.82, 2.24) is 20.4 Å². The number of rotatable bonds is 21. The molecule has 0 aromatic heterocycles. The number of likely N-dealkylation sites (N-methyl/N-ethyl adjacent to an activating group) is 1. The minimum atomic E-state index is -1.87. The van der Waals surface area contributed by atoms with Crippen LogP contribution in [0.4, 0.5) is 10.5 Å². The SMILES string of the molecule is CCC(C)(CC)PCCNC(=O)CCCCCN1C(=O)CC(SCCC(=O)N(C)[C@@H](C)C(=O)O[C@H]2CC(=O)N(C)c3cc(cc(OC)c3Cl)C/C(C)=C/C=C/[C@@H](OC)[C@@]3(O)C[C@H](OC(=O)N3)[C@@H](C)[C@@H]3O[C@@]23C)C1=O. The largest absolute Gasteiger partial charge is 0.495 e. The number of imide groups is 1. The number of nitrogens with one attached hydrogen (secondary N) is 2. The average molecular weight is 1090 g/mol. The molecule has 0 radical (unpaired) electrons. The summed E-state index contributed by atoms with van der Waals surface area (Å²) < 4.78 is 29.5. The van der Waals surface area contributed by atoms with E-state index < -0.39 is 76.8 Å². The third-order valence-corrected chi connectivity index (χ3v) is 18.9. The molecule has 10 atom stereocenters. The molecule has 0 aliphatic carbocycles. The Labute approximate surface area is 447 Å². The van der Waals surface area contributed by atoms with E-state index in [1.165, 1.54) is 54.7 Å². The van der Waals surface area contributed by atoms with Crippen molar-refractivity contribution in [3.63, 3.8) is 0 Å². The van der Waals surface area contributed by atoms with Crippen LogP contribution in [-0.2, 0) is 54.1 Å². The van der Waals surface area contributed by atoms with Crippen molar-refractivity contribution < 1.29 is 62.4 Å². The fourth-order valence-electron chi connectivity index (χ4n) is 9.59. The molecule has 2 unspecified atom stereocenters. The van der Waals surface area contributed by atoms with Gasteiger partial charge in [0.15, 0.2) is 5.72 Å². The van der Waals surface area contributed by atoms with Crippen molar-refractivity contribution >= 4 is 79.2 Å². The Hall–Kier alpha value is -4.26. The van der Waals surface area contributed by atoms with E-state index >= 15 is 0 Å². The number of anilines is 1. The first-order chi connectivity index (χ1) is 34.9. The van der Waals surface area contributed by atoms with E-state index in [1.54, 1.807) is 45.2 Å². The number of unbranched alkanes of at least 4 members (excludes halogenated alkanes) is 2. The number of alkyl carbamates (subject to hydrolysis) is 1. The first-order valence-corrected chi connectivity index (χ1v) is 28.4. The minimum Gasteiger partial charge on any atom is -0.495 e. The monoisotopic (exact) mass is 1090 g/mol. The van der Waals surface area contributed by atoms with Crippen LogP contribution in [-0.4, -0.2) is 162 Å². The highest BCUT2D eigenvalue weighted by Gasteiger charge is 2.64. The van der Waals surface area contributed by atoms with Crippen LogP contribution >= 0.6 is 31.9 Å². The minimum absolute atomic E-state index is 0.0146. The Kier molecular flexibility index (Phi) is 21.8. The van der Waals surface area contributed by atoms with Gasteiger partial charge in [-0.15, -0.1) is 20.3 Å². The van der Waals surface area contributed by atoms with Crippen LogP contribution in [0.25, 0.3) is 0 Å². The standard InChI is InChI=1S/C53H79ClN5O13PS/c1-12-51(6,13-2)73-24-22-55-42(60)20-15-14-16-23-59-45(63)29-39(48(59)64)74-25-21-43(61)57(8)34(5)49(65)71-41-30-44(62)58(9)36-27-35(28-37(68-10)46(36)54)26-32(3)18-17-19-40(69-11)53(67)31-38(70-50(66)56-53)33(4)47-52(41,7)72-47/h17-19,27-28,33-34,38-41,47,67,73H,12-16,20-26,29-31H2,1-11H3,(H,55,60)(H,56,66)/b19-17+,32-18+/t33-,34+,38+,39?,40-,41+,47+,52+,53+/m1/s1. The molecule has 3 N–H and O–H groups in total. The number of halogens is 1. The molecule has 6 amide bonds. The summed E-state index contributed by atoms with van der Waals surface area (Å²) in [6, 6.07) is 2.42. The predicted molar refractivity (Wildman–Crippen MR) is 287 cm³/mol. The van der Waals surface area contributed by atoms with Crippen molar-refractivity contribution in [3.8, 4) is 5.75 Å². The van der Waals surface area contributed by atoms with Crippen molar-refractivity contribution in [2.75, 3.05) is 58.2 Å². The van der Waals surface area contributed by atoms with Crippen LogP contribution in [0.15, 0.2) is 35.9 Å². The molecule has 3 saturated heterocycles. The van der Waals surface area contributed by atoms with Gasteiger partial charge in [0.2, 0.25) is 29.5 Å². The fraction of sp³-hybridized carbons (Fsp3) is 0.679. The Morgan fingerprint density at radius 2 is 1.81 bits per heavy atom. The number of fused-ring (bicyclic) bond motifs is 5. The zero-order valence-corrected chi connectivity index (χ0v) is 47.6. The Morgan fingerprint density at radius 1 is 1.09 bits per heavy atom. The maximum absolute atomic E-state index is 14.4. The predicted octanol–water partition coefficient (Wildman–Crippen LogP) is 6.70. The van der Waals surface area contributed by atoms with Gasteiger partial charge in [0, 0.05) is 71.6 Å². The van der Waals surface area contributed by atoms with Gasteiger partial charge in [0.05, 0.1) is 30.6 Å². The first-order valence-electron chi connectivity index (χ1n) is 25.8. The van der Waals surface area contributed by atoms with Crippen LogP contribution in [0.5, 0.6) is 5.75 Å². The number of benzene rings is 1. The number of hydrogen-bond acceptors (Lipinski definition) is 14. The second kappa shape index (κ2) is 26.7. The molecule has 74 heavy (non-hydrogen) atoms. The zero-order valence-electron chi connectivity index (χ0n) is 45.0. The molecule has 21 heteroatoms. The number of carbonyl (C=O) groups excluding carboxylic acids is 7. The maximum Gasteiger partial charge on any atom is 0.409 e. The summed E-state index contributed by atoms with van der Waals surface area (Å²) in [5.41, 5.74) is -1.14. The summed E-state index contributed by atoms with van der Waals surface area (Å²) in [6.07, 6.45) is 6.00. The van der Waals surface area contributed by atoms with E-state index in [1.807, 2.05) is 13.0 Å². The third kappa shape index (κ3) is 15.2. The van der Waals surface area contributed by atoms with E-state index in [0.29, 0.717) is 55.2 Å². The molecule has 412 valence electrons. The van der Waals surface area contributed by atoms with Crippen molar-refractivity contribution in [3.05, 3.63) is 46.5 Å². The number of likely N-dealkylation sites (tertiary alicyclic amines) is 1. The molecular weight excluding hydrogens is 1010 g/mol. The molecule has 4 aliphatic rings. The van der Waals surface area contributed by atoms with E-state index in [9.17, 15) is 38.7 Å². The van der Waals surface area contributed by atoms with Crippen LogP contribution in [0, 0.1) is 5.92 Å². The van der Waals surface area contributed by atoms with Crippen LogP contribution < -0.4 is 20.3 Å². The number of nitrogens with zero attached hydrogens (tertiary/aromatic N) is 3. The third-order valence-electron chi connectivity index (χ3n) is 15.2. The van der Waals surface area contributed by atoms with Gasteiger partial charge in [0.25, 0.3) is 0 Å². The van der Waals surface area contributed by atoms with E-state index in [4.69, 9.17) is 35.3 Å². The lowest BCUT2D eigenvalue weighted by Gasteiger charge is -2.42. The number of epoxide rings is 1. The van der Waals surface area contributed by atoms with Gasteiger partial charge < -0.3 is 43.9 Å². The molecule has 5 rings (SSSR count). The molecule has 1 aromatic rings. The fourth-order valence-corrected chi connectivity index (χ4v) is 12.4. The molecule has 4 aliphatic heterocycles. The zero-order chi connectivity index (χ0) is 54.7. The molecule has 0 saturated carbocycles. The molecule has 1 aromatic carbocycles. The molecule has 4 heterocycles.